The van der Waals surface area contributed by atoms with E-state index in [1.54, 1.807) is 0 Å². The maximum absolute atomic E-state index is 5.92. The lowest BCUT2D eigenvalue weighted by molar-refractivity contribution is 0.209. The summed E-state index contributed by atoms with van der Waals surface area (Å²) in [4.78, 5) is 5.00. The number of hydrogen-bond donors (Lipinski definition) is 3. The Balaban J connectivity index is 1.60. The van der Waals surface area contributed by atoms with E-state index in [9.17, 15) is 0 Å². The van der Waals surface area contributed by atoms with Crippen LogP contribution in [0, 0.1) is 0 Å². The molecule has 5 heteroatoms. The second kappa shape index (κ2) is 8.85. The highest BCUT2D eigenvalue weighted by atomic mass is 15.2. The molecule has 0 aliphatic carbocycles. The quantitative estimate of drug-likeness (QED) is 0.741. The van der Waals surface area contributed by atoms with Crippen molar-refractivity contribution < 1.29 is 0 Å². The highest BCUT2D eigenvalue weighted by Gasteiger charge is 2.13. The van der Waals surface area contributed by atoms with E-state index in [-0.39, 0.29) is 0 Å². The van der Waals surface area contributed by atoms with Gasteiger partial charge >= 0.3 is 0 Å². The summed E-state index contributed by atoms with van der Waals surface area (Å²) in [5, 5.41) is 3.55. The molecule has 1 aliphatic rings. The Bertz CT molecular complexity index is 615. The molecule has 0 amide bonds. The van der Waals surface area contributed by atoms with Gasteiger partial charge in [0, 0.05) is 63.7 Å². The zero-order chi connectivity index (χ0) is 17.5. The minimum atomic E-state index is 0.836. The van der Waals surface area contributed by atoms with Crippen molar-refractivity contribution in [2.45, 2.75) is 13.1 Å². The Morgan fingerprint density at radius 1 is 0.720 bits per heavy atom. The van der Waals surface area contributed by atoms with Crippen LogP contribution in [0.3, 0.4) is 0 Å². The predicted molar refractivity (Wildman–Crippen MR) is 105 cm³/mol. The van der Waals surface area contributed by atoms with Crippen LogP contribution in [0.4, 0.5) is 11.4 Å². The number of hydrogen-bond acceptors (Lipinski definition) is 5. The third-order valence-corrected chi connectivity index (χ3v) is 4.66. The predicted octanol–water partition coefficient (Wildman–Crippen LogP) is 1.76. The third kappa shape index (κ3) is 5.74. The van der Waals surface area contributed by atoms with Crippen molar-refractivity contribution in [1.82, 2.24) is 15.1 Å². The van der Waals surface area contributed by atoms with Gasteiger partial charge in [0.15, 0.2) is 0 Å². The molecule has 0 bridgehead atoms. The maximum Gasteiger partial charge on any atom is 0.0317 e. The molecule has 2 aromatic rings. The lowest BCUT2D eigenvalue weighted by atomic mass is 10.2. The number of nitrogens with two attached hydrogens (primary N) is 2. The fourth-order valence-electron chi connectivity index (χ4n) is 3.32. The average molecular weight is 339 g/mol. The van der Waals surface area contributed by atoms with Crippen molar-refractivity contribution in [2.75, 3.05) is 50.7 Å². The number of nitrogen functional groups attached to an aromatic ring is 2. The van der Waals surface area contributed by atoms with Crippen molar-refractivity contribution in [2.24, 2.45) is 0 Å². The monoisotopic (exact) mass is 339 g/mol. The zero-order valence-electron chi connectivity index (χ0n) is 14.8. The van der Waals surface area contributed by atoms with E-state index in [2.05, 4.69) is 39.4 Å². The summed E-state index contributed by atoms with van der Waals surface area (Å²) in [5.74, 6) is 0. The van der Waals surface area contributed by atoms with Gasteiger partial charge in [0.25, 0.3) is 0 Å². The third-order valence-electron chi connectivity index (χ3n) is 4.66. The maximum atomic E-state index is 5.92. The molecule has 0 saturated carbocycles. The van der Waals surface area contributed by atoms with Gasteiger partial charge in [-0.2, -0.15) is 0 Å². The van der Waals surface area contributed by atoms with Gasteiger partial charge in [-0.25, -0.2) is 0 Å². The van der Waals surface area contributed by atoms with Crippen molar-refractivity contribution in [3.63, 3.8) is 0 Å². The Kier molecular flexibility index (Phi) is 6.28. The lowest BCUT2D eigenvalue weighted by Crippen LogP contribution is -2.35. The standard InChI is InChI=1S/C20H29N5/c21-19-5-1-3-17(13-19)15-24-9-7-23-8-10-25(12-11-24)16-18-4-2-6-20(22)14-18/h1-6,13-14,23H,7-12,15-16,21-22H2. The van der Waals surface area contributed by atoms with Crippen LogP contribution >= 0.6 is 0 Å². The van der Waals surface area contributed by atoms with E-state index in [0.717, 1.165) is 63.7 Å². The van der Waals surface area contributed by atoms with Gasteiger partial charge < -0.3 is 16.8 Å². The molecule has 1 fully saturated rings. The molecular weight excluding hydrogens is 310 g/mol. The van der Waals surface area contributed by atoms with Crippen LogP contribution in [0.2, 0.25) is 0 Å². The summed E-state index contributed by atoms with van der Waals surface area (Å²) in [7, 11) is 0. The number of nitrogens with one attached hydrogen (secondary N) is 1. The molecule has 0 radical (unpaired) electrons. The van der Waals surface area contributed by atoms with Crippen LogP contribution in [0.15, 0.2) is 48.5 Å². The van der Waals surface area contributed by atoms with Crippen LogP contribution in [0.1, 0.15) is 11.1 Å². The molecule has 1 heterocycles. The van der Waals surface area contributed by atoms with Crippen LogP contribution in [-0.2, 0) is 13.1 Å². The largest absolute Gasteiger partial charge is 0.399 e. The fourth-order valence-corrected chi connectivity index (χ4v) is 3.32. The molecule has 3 rings (SSSR count). The summed E-state index contributed by atoms with van der Waals surface area (Å²) in [6.45, 7) is 8.15. The molecule has 5 nitrogen and oxygen atoms in total. The SMILES string of the molecule is Nc1cccc(CN2CCNCCN(Cc3cccc(N)c3)CC2)c1. The van der Waals surface area contributed by atoms with E-state index < -0.39 is 0 Å². The molecule has 5 N–H and O–H groups in total. The summed E-state index contributed by atoms with van der Waals surface area (Å²) >= 11 is 0. The summed E-state index contributed by atoms with van der Waals surface area (Å²) in [6, 6.07) is 16.4. The van der Waals surface area contributed by atoms with Crippen LogP contribution in [0.25, 0.3) is 0 Å². The molecule has 0 aromatic heterocycles. The normalized spacial score (nSPS) is 17.6. The molecule has 134 valence electrons. The molecule has 0 spiro atoms. The Labute approximate surface area is 150 Å². The van der Waals surface area contributed by atoms with Crippen LogP contribution < -0.4 is 16.8 Å². The minimum absolute atomic E-state index is 0.836. The molecule has 2 aromatic carbocycles. The average Bonchev–Trinajstić information content (AvgIpc) is 2.68. The summed E-state index contributed by atoms with van der Waals surface area (Å²) in [5.41, 5.74) is 16.1. The second-order valence-corrected chi connectivity index (χ2v) is 6.79. The fraction of sp³-hybridized carbons (Fsp3) is 0.400. The summed E-state index contributed by atoms with van der Waals surface area (Å²) in [6.07, 6.45) is 0. The Hall–Kier alpha value is -2.08. The lowest BCUT2D eigenvalue weighted by Gasteiger charge is -2.26. The molecule has 1 saturated heterocycles. The van der Waals surface area contributed by atoms with Crippen molar-refractivity contribution in [3.8, 4) is 0 Å². The van der Waals surface area contributed by atoms with Gasteiger partial charge in [-0.1, -0.05) is 24.3 Å². The van der Waals surface area contributed by atoms with E-state index >= 15 is 0 Å². The highest BCUT2D eigenvalue weighted by Crippen LogP contribution is 2.12. The van der Waals surface area contributed by atoms with Gasteiger partial charge in [0.1, 0.15) is 0 Å². The van der Waals surface area contributed by atoms with Gasteiger partial charge in [-0.05, 0) is 35.4 Å². The van der Waals surface area contributed by atoms with E-state index in [1.807, 2.05) is 24.3 Å². The first-order valence-electron chi connectivity index (χ1n) is 9.03. The summed E-state index contributed by atoms with van der Waals surface area (Å²) < 4.78 is 0. The van der Waals surface area contributed by atoms with Crippen molar-refractivity contribution >= 4 is 11.4 Å². The first-order chi connectivity index (χ1) is 12.2. The van der Waals surface area contributed by atoms with Gasteiger partial charge in [0.05, 0.1) is 0 Å². The van der Waals surface area contributed by atoms with Crippen LogP contribution in [0.5, 0.6) is 0 Å². The Morgan fingerprint density at radius 3 is 1.64 bits per heavy atom. The number of benzene rings is 2. The number of anilines is 2. The smallest absolute Gasteiger partial charge is 0.0317 e. The Morgan fingerprint density at radius 2 is 1.20 bits per heavy atom. The van der Waals surface area contributed by atoms with Crippen molar-refractivity contribution in [1.29, 1.82) is 0 Å². The first kappa shape index (κ1) is 17.7. The zero-order valence-corrected chi connectivity index (χ0v) is 14.8. The molecular formula is C20H29N5. The molecule has 0 unspecified atom stereocenters. The number of rotatable bonds is 4. The molecule has 25 heavy (non-hydrogen) atoms. The molecule has 1 aliphatic heterocycles. The molecule has 0 atom stereocenters. The van der Waals surface area contributed by atoms with E-state index in [0.29, 0.717) is 0 Å². The van der Waals surface area contributed by atoms with Crippen LogP contribution in [-0.4, -0.2) is 49.1 Å². The van der Waals surface area contributed by atoms with E-state index in [1.165, 1.54) is 11.1 Å². The topological polar surface area (TPSA) is 70.5 Å². The number of nitrogens with zero attached hydrogens (tertiary/aromatic N) is 2. The van der Waals surface area contributed by atoms with Gasteiger partial charge in [-0.15, -0.1) is 0 Å². The van der Waals surface area contributed by atoms with Gasteiger partial charge in [0.2, 0.25) is 0 Å². The van der Waals surface area contributed by atoms with Crippen molar-refractivity contribution in [3.05, 3.63) is 59.7 Å². The highest BCUT2D eigenvalue weighted by molar-refractivity contribution is 5.41. The minimum Gasteiger partial charge on any atom is -0.399 e. The second-order valence-electron chi connectivity index (χ2n) is 6.79. The van der Waals surface area contributed by atoms with E-state index in [4.69, 9.17) is 11.5 Å². The van der Waals surface area contributed by atoms with Gasteiger partial charge in [-0.3, -0.25) is 9.80 Å². The first-order valence-corrected chi connectivity index (χ1v) is 9.03.